The first kappa shape index (κ1) is 13.7. The highest BCUT2D eigenvalue weighted by Gasteiger charge is 2.41. The number of fused-ring (bicyclic) bond motifs is 2. The summed E-state index contributed by atoms with van der Waals surface area (Å²) in [7, 11) is 0. The van der Waals surface area contributed by atoms with E-state index in [1.807, 2.05) is 12.1 Å². The van der Waals surface area contributed by atoms with Crippen molar-refractivity contribution in [3.63, 3.8) is 0 Å². The number of hydrogen-bond acceptors (Lipinski definition) is 2. The molecule has 2 heterocycles. The van der Waals surface area contributed by atoms with Crippen molar-refractivity contribution >= 4 is 23.2 Å². The molecule has 4 unspecified atom stereocenters. The maximum atomic E-state index is 6.11. The molecule has 1 aromatic carbocycles. The second-order valence-electron chi connectivity index (χ2n) is 5.52. The Morgan fingerprint density at radius 1 is 1.32 bits per heavy atom. The van der Waals surface area contributed by atoms with Gasteiger partial charge in [0.25, 0.3) is 0 Å². The largest absolute Gasteiger partial charge is 0.373 e. The predicted octanol–water partition coefficient (Wildman–Crippen LogP) is 4.35. The number of ether oxygens (including phenoxy) is 1. The van der Waals surface area contributed by atoms with E-state index in [0.717, 1.165) is 12.8 Å². The summed E-state index contributed by atoms with van der Waals surface area (Å²) in [4.78, 5) is 0. The highest BCUT2D eigenvalue weighted by molar-refractivity contribution is 6.42. The van der Waals surface area contributed by atoms with Crippen LogP contribution < -0.4 is 5.32 Å². The lowest BCUT2D eigenvalue weighted by Crippen LogP contribution is -2.39. The molecular formula is C15H19Cl2NO. The highest BCUT2D eigenvalue weighted by atomic mass is 35.5. The van der Waals surface area contributed by atoms with Crippen molar-refractivity contribution in [3.05, 3.63) is 33.8 Å². The summed E-state index contributed by atoms with van der Waals surface area (Å²) >= 11 is 12.1. The van der Waals surface area contributed by atoms with Gasteiger partial charge < -0.3 is 10.1 Å². The summed E-state index contributed by atoms with van der Waals surface area (Å²) < 4.78 is 5.90. The molecule has 4 heteroatoms. The lowest BCUT2D eigenvalue weighted by atomic mass is 9.93. The number of halogens is 2. The van der Waals surface area contributed by atoms with Crippen LogP contribution in [0.1, 0.15) is 44.2 Å². The third-order valence-corrected chi connectivity index (χ3v) is 5.01. The van der Waals surface area contributed by atoms with Gasteiger partial charge in [-0.05, 0) is 43.4 Å². The average Bonchev–Trinajstić information content (AvgIpc) is 3.01. The standard InChI is InChI=1S/C15H19Cl2NO/c1-2-13(9-3-5-11(16)12(17)7-9)18-14-8-10-4-6-15(14)19-10/h3,5,7,10,13-15,18H,2,4,6,8H2,1H3. The molecule has 0 spiro atoms. The molecule has 0 radical (unpaired) electrons. The molecule has 3 rings (SSSR count). The first-order valence-corrected chi connectivity index (χ1v) is 7.79. The fourth-order valence-corrected chi connectivity index (χ4v) is 3.56. The second-order valence-corrected chi connectivity index (χ2v) is 6.33. The molecule has 0 saturated carbocycles. The van der Waals surface area contributed by atoms with E-state index in [-0.39, 0.29) is 0 Å². The van der Waals surface area contributed by atoms with Crippen molar-refractivity contribution in [2.24, 2.45) is 0 Å². The molecule has 2 saturated heterocycles. The van der Waals surface area contributed by atoms with Crippen LogP contribution in [0.15, 0.2) is 18.2 Å². The summed E-state index contributed by atoms with van der Waals surface area (Å²) in [5.41, 5.74) is 1.21. The third kappa shape index (κ3) is 2.78. The van der Waals surface area contributed by atoms with Gasteiger partial charge in [-0.2, -0.15) is 0 Å². The molecule has 4 atom stereocenters. The Bertz CT molecular complexity index is 465. The molecule has 0 aliphatic carbocycles. The van der Waals surface area contributed by atoms with Crippen molar-refractivity contribution in [2.45, 2.75) is 56.9 Å². The van der Waals surface area contributed by atoms with Crippen LogP contribution in [0, 0.1) is 0 Å². The minimum absolute atomic E-state index is 0.322. The lowest BCUT2D eigenvalue weighted by Gasteiger charge is -2.26. The van der Waals surface area contributed by atoms with Crippen LogP contribution in [0.25, 0.3) is 0 Å². The third-order valence-electron chi connectivity index (χ3n) is 4.28. The van der Waals surface area contributed by atoms with Crippen molar-refractivity contribution in [3.8, 4) is 0 Å². The minimum atomic E-state index is 0.322. The lowest BCUT2D eigenvalue weighted by molar-refractivity contribution is 0.0959. The van der Waals surface area contributed by atoms with E-state index >= 15 is 0 Å². The molecule has 2 bridgehead atoms. The zero-order chi connectivity index (χ0) is 13.4. The molecule has 2 nitrogen and oxygen atoms in total. The summed E-state index contributed by atoms with van der Waals surface area (Å²) in [5, 5.41) is 4.98. The summed E-state index contributed by atoms with van der Waals surface area (Å²) in [6.07, 6.45) is 5.48. The summed E-state index contributed by atoms with van der Waals surface area (Å²) in [6.45, 7) is 2.19. The van der Waals surface area contributed by atoms with Gasteiger partial charge in [0, 0.05) is 12.1 Å². The van der Waals surface area contributed by atoms with Gasteiger partial charge in [-0.3, -0.25) is 0 Å². The van der Waals surface area contributed by atoms with Crippen molar-refractivity contribution in [1.29, 1.82) is 0 Å². The zero-order valence-corrected chi connectivity index (χ0v) is 12.5. The molecule has 2 aliphatic heterocycles. The predicted molar refractivity (Wildman–Crippen MR) is 78.9 cm³/mol. The van der Waals surface area contributed by atoms with E-state index in [1.54, 1.807) is 0 Å². The Morgan fingerprint density at radius 2 is 2.16 bits per heavy atom. The first-order valence-electron chi connectivity index (χ1n) is 7.04. The molecular weight excluding hydrogens is 281 g/mol. The topological polar surface area (TPSA) is 21.3 Å². The molecule has 1 aromatic rings. The van der Waals surface area contributed by atoms with E-state index < -0.39 is 0 Å². The fraction of sp³-hybridized carbons (Fsp3) is 0.600. The summed E-state index contributed by atoms with van der Waals surface area (Å²) in [5.74, 6) is 0. The number of rotatable bonds is 4. The molecule has 19 heavy (non-hydrogen) atoms. The second kappa shape index (κ2) is 5.61. The van der Waals surface area contributed by atoms with Crippen LogP contribution in [-0.2, 0) is 4.74 Å². The average molecular weight is 300 g/mol. The Kier molecular flexibility index (Phi) is 4.04. The first-order chi connectivity index (χ1) is 9.17. The molecule has 0 aromatic heterocycles. The van der Waals surface area contributed by atoms with Crippen LogP contribution >= 0.6 is 23.2 Å². The van der Waals surface area contributed by atoms with E-state index in [2.05, 4.69) is 18.3 Å². The molecule has 0 amide bonds. The van der Waals surface area contributed by atoms with Gasteiger partial charge in [-0.15, -0.1) is 0 Å². The van der Waals surface area contributed by atoms with E-state index in [0.29, 0.717) is 34.3 Å². The number of nitrogens with one attached hydrogen (secondary N) is 1. The maximum absolute atomic E-state index is 6.11. The van der Waals surface area contributed by atoms with E-state index in [4.69, 9.17) is 27.9 Å². The number of hydrogen-bond donors (Lipinski definition) is 1. The summed E-state index contributed by atoms with van der Waals surface area (Å²) in [6, 6.07) is 6.71. The Balaban J connectivity index is 1.71. The van der Waals surface area contributed by atoms with Crippen molar-refractivity contribution in [1.82, 2.24) is 5.32 Å². The van der Waals surface area contributed by atoms with Crippen LogP contribution in [0.2, 0.25) is 10.0 Å². The van der Waals surface area contributed by atoms with Crippen molar-refractivity contribution in [2.75, 3.05) is 0 Å². The van der Waals surface area contributed by atoms with Gasteiger partial charge in [0.1, 0.15) is 0 Å². The van der Waals surface area contributed by atoms with E-state index in [1.165, 1.54) is 18.4 Å². The smallest absolute Gasteiger partial charge is 0.0733 e. The molecule has 2 fully saturated rings. The number of benzene rings is 1. The zero-order valence-electron chi connectivity index (χ0n) is 11.0. The van der Waals surface area contributed by atoms with Crippen LogP contribution in [0.3, 0.4) is 0 Å². The normalized spacial score (nSPS) is 30.8. The monoisotopic (exact) mass is 299 g/mol. The van der Waals surface area contributed by atoms with Crippen molar-refractivity contribution < 1.29 is 4.74 Å². The van der Waals surface area contributed by atoms with Gasteiger partial charge in [0.05, 0.1) is 22.3 Å². The van der Waals surface area contributed by atoms with Gasteiger partial charge >= 0.3 is 0 Å². The Morgan fingerprint density at radius 3 is 2.74 bits per heavy atom. The highest BCUT2D eigenvalue weighted by Crippen LogP contribution is 2.36. The van der Waals surface area contributed by atoms with Crippen LogP contribution in [0.4, 0.5) is 0 Å². The Hall–Kier alpha value is -0.280. The fourth-order valence-electron chi connectivity index (χ4n) is 3.25. The quantitative estimate of drug-likeness (QED) is 0.892. The van der Waals surface area contributed by atoms with Crippen LogP contribution in [-0.4, -0.2) is 18.2 Å². The molecule has 104 valence electrons. The van der Waals surface area contributed by atoms with Gasteiger partial charge in [0.15, 0.2) is 0 Å². The molecule has 1 N–H and O–H groups in total. The SMILES string of the molecule is CCC(NC1CC2CCC1O2)c1ccc(Cl)c(Cl)c1. The Labute approximate surface area is 124 Å². The van der Waals surface area contributed by atoms with Gasteiger partial charge in [0.2, 0.25) is 0 Å². The van der Waals surface area contributed by atoms with Gasteiger partial charge in [-0.25, -0.2) is 0 Å². The molecule has 2 aliphatic rings. The van der Waals surface area contributed by atoms with Gasteiger partial charge in [-0.1, -0.05) is 36.2 Å². The van der Waals surface area contributed by atoms with Crippen LogP contribution in [0.5, 0.6) is 0 Å². The minimum Gasteiger partial charge on any atom is -0.373 e. The van der Waals surface area contributed by atoms with E-state index in [9.17, 15) is 0 Å². The maximum Gasteiger partial charge on any atom is 0.0733 e.